The average Bonchev–Trinajstić information content (AvgIpc) is 2.02. The van der Waals surface area contributed by atoms with Crippen LogP contribution in [0.15, 0.2) is 30.3 Å². The molecule has 1 aliphatic rings. The monoisotopic (exact) mass is 183 g/mol. The predicted molar refractivity (Wildman–Crippen MR) is 46.7 cm³/mol. The highest BCUT2D eigenvalue weighted by Gasteiger charge is 2.44. The van der Waals surface area contributed by atoms with E-state index < -0.39 is 12.0 Å². The summed E-state index contributed by atoms with van der Waals surface area (Å²) >= 11 is 0. The van der Waals surface area contributed by atoms with Crippen molar-refractivity contribution in [3.8, 4) is 0 Å². The Balaban J connectivity index is 2.23. The molecule has 1 saturated heterocycles. The summed E-state index contributed by atoms with van der Waals surface area (Å²) in [7, 11) is 0. The van der Waals surface area contributed by atoms with Crippen LogP contribution in [-0.4, -0.2) is 12.6 Å². The van der Waals surface area contributed by atoms with Gasteiger partial charge in [-0.1, -0.05) is 30.3 Å². The molecule has 0 radical (unpaired) electrons. The van der Waals surface area contributed by atoms with Gasteiger partial charge in [0.1, 0.15) is 0 Å². The highest BCUT2D eigenvalue weighted by molar-refractivity contribution is 5.22. The molecule has 0 bridgehead atoms. The van der Waals surface area contributed by atoms with Crippen LogP contribution in [0.1, 0.15) is 12.0 Å². The van der Waals surface area contributed by atoms with Crippen LogP contribution in [-0.2, 0) is 5.92 Å². The maximum atomic E-state index is 13.5. The molecule has 2 rings (SSSR count). The van der Waals surface area contributed by atoms with Gasteiger partial charge in [0.05, 0.1) is 6.04 Å². The van der Waals surface area contributed by atoms with Crippen LogP contribution in [0.3, 0.4) is 0 Å². The molecule has 1 fully saturated rings. The van der Waals surface area contributed by atoms with Crippen molar-refractivity contribution in [1.82, 2.24) is 5.32 Å². The summed E-state index contributed by atoms with van der Waals surface area (Å²) in [6.45, 7) is 0.701. The standard InChI is InChI=1S/C10H11F2N/c11-10(12,9-6-7-13-9)8-4-2-1-3-5-8/h1-5,9,13H,6-7H2. The van der Waals surface area contributed by atoms with E-state index in [2.05, 4.69) is 5.32 Å². The summed E-state index contributed by atoms with van der Waals surface area (Å²) in [4.78, 5) is 0. The molecule has 70 valence electrons. The fourth-order valence-corrected chi connectivity index (χ4v) is 1.46. The minimum absolute atomic E-state index is 0.104. The molecule has 1 unspecified atom stereocenters. The van der Waals surface area contributed by atoms with Crippen LogP contribution in [0.4, 0.5) is 8.78 Å². The Hall–Kier alpha value is -0.960. The predicted octanol–water partition coefficient (Wildman–Crippen LogP) is 2.14. The Morgan fingerprint density at radius 3 is 2.31 bits per heavy atom. The number of alkyl halides is 2. The maximum absolute atomic E-state index is 13.5. The van der Waals surface area contributed by atoms with Gasteiger partial charge in [-0.25, -0.2) is 0 Å². The highest BCUT2D eigenvalue weighted by Crippen LogP contribution is 2.35. The van der Waals surface area contributed by atoms with Crippen LogP contribution in [0.2, 0.25) is 0 Å². The van der Waals surface area contributed by atoms with Crippen molar-refractivity contribution >= 4 is 0 Å². The third-order valence-corrected chi connectivity index (χ3v) is 2.42. The molecule has 0 spiro atoms. The molecule has 1 heterocycles. The molecule has 0 saturated carbocycles. The van der Waals surface area contributed by atoms with Gasteiger partial charge in [0.2, 0.25) is 0 Å². The van der Waals surface area contributed by atoms with Crippen molar-refractivity contribution in [2.75, 3.05) is 6.54 Å². The van der Waals surface area contributed by atoms with Crippen LogP contribution >= 0.6 is 0 Å². The minimum Gasteiger partial charge on any atom is -0.308 e. The number of rotatable bonds is 2. The molecule has 1 atom stereocenters. The van der Waals surface area contributed by atoms with E-state index in [4.69, 9.17) is 0 Å². The zero-order valence-corrected chi connectivity index (χ0v) is 7.13. The number of hydrogen-bond donors (Lipinski definition) is 1. The SMILES string of the molecule is FC(F)(c1ccccc1)C1CCN1. The fraction of sp³-hybridized carbons (Fsp3) is 0.400. The molecule has 13 heavy (non-hydrogen) atoms. The van der Waals surface area contributed by atoms with Crippen molar-refractivity contribution in [2.45, 2.75) is 18.4 Å². The van der Waals surface area contributed by atoms with Gasteiger partial charge < -0.3 is 5.32 Å². The Morgan fingerprint density at radius 2 is 1.85 bits per heavy atom. The lowest BCUT2D eigenvalue weighted by molar-refractivity contribution is -0.0646. The van der Waals surface area contributed by atoms with E-state index in [1.807, 2.05) is 0 Å². The van der Waals surface area contributed by atoms with Crippen LogP contribution in [0.5, 0.6) is 0 Å². The zero-order chi connectivity index (χ0) is 9.31. The van der Waals surface area contributed by atoms with E-state index >= 15 is 0 Å². The first-order valence-corrected chi connectivity index (χ1v) is 4.38. The second-order valence-electron chi connectivity index (χ2n) is 3.28. The van der Waals surface area contributed by atoms with Gasteiger partial charge in [-0.15, -0.1) is 0 Å². The van der Waals surface area contributed by atoms with Gasteiger partial charge in [0.15, 0.2) is 0 Å². The molecular weight excluding hydrogens is 172 g/mol. The van der Waals surface area contributed by atoms with Crippen molar-refractivity contribution in [2.24, 2.45) is 0 Å². The molecule has 0 amide bonds. The summed E-state index contributed by atoms with van der Waals surface area (Å²) in [5.41, 5.74) is 0.104. The van der Waals surface area contributed by atoms with E-state index in [0.29, 0.717) is 13.0 Å². The molecule has 1 aliphatic heterocycles. The Labute approximate surface area is 75.8 Å². The first-order valence-electron chi connectivity index (χ1n) is 4.38. The van der Waals surface area contributed by atoms with E-state index in [0.717, 1.165) is 0 Å². The molecule has 1 aromatic rings. The normalized spacial score (nSPS) is 22.5. The molecule has 1 aromatic carbocycles. The second-order valence-corrected chi connectivity index (χ2v) is 3.28. The Morgan fingerprint density at radius 1 is 1.23 bits per heavy atom. The summed E-state index contributed by atoms with van der Waals surface area (Å²) < 4.78 is 27.1. The number of benzene rings is 1. The first-order chi connectivity index (χ1) is 6.21. The van der Waals surface area contributed by atoms with Gasteiger partial charge in [-0.2, -0.15) is 8.78 Å². The van der Waals surface area contributed by atoms with Crippen LogP contribution in [0.25, 0.3) is 0 Å². The van der Waals surface area contributed by atoms with Gasteiger partial charge in [0.25, 0.3) is 5.92 Å². The smallest absolute Gasteiger partial charge is 0.288 e. The third-order valence-electron chi connectivity index (χ3n) is 2.42. The highest BCUT2D eigenvalue weighted by atomic mass is 19.3. The van der Waals surface area contributed by atoms with Crippen LogP contribution < -0.4 is 5.32 Å². The second kappa shape index (κ2) is 3.07. The summed E-state index contributed by atoms with van der Waals surface area (Å²) in [6, 6.07) is 7.30. The van der Waals surface area contributed by atoms with Crippen LogP contribution in [0, 0.1) is 0 Å². The van der Waals surface area contributed by atoms with Crippen molar-refractivity contribution < 1.29 is 8.78 Å². The lowest BCUT2D eigenvalue weighted by Gasteiger charge is -2.34. The summed E-state index contributed by atoms with van der Waals surface area (Å²) in [5, 5.41) is 2.73. The molecular formula is C10H11F2N. The topological polar surface area (TPSA) is 12.0 Å². The van der Waals surface area contributed by atoms with Gasteiger partial charge >= 0.3 is 0 Å². The maximum Gasteiger partial charge on any atom is 0.288 e. The largest absolute Gasteiger partial charge is 0.308 e. The summed E-state index contributed by atoms with van der Waals surface area (Å²) in [6.07, 6.45) is 0.557. The van der Waals surface area contributed by atoms with Crippen molar-refractivity contribution in [3.63, 3.8) is 0 Å². The van der Waals surface area contributed by atoms with Gasteiger partial charge in [0, 0.05) is 5.56 Å². The lowest BCUT2D eigenvalue weighted by atomic mass is 9.94. The Kier molecular flexibility index (Phi) is 2.04. The van der Waals surface area contributed by atoms with E-state index in [9.17, 15) is 8.78 Å². The lowest BCUT2D eigenvalue weighted by Crippen LogP contribution is -2.52. The van der Waals surface area contributed by atoms with E-state index in [1.165, 1.54) is 12.1 Å². The first kappa shape index (κ1) is 8.63. The van der Waals surface area contributed by atoms with Crippen molar-refractivity contribution in [3.05, 3.63) is 35.9 Å². The zero-order valence-electron chi connectivity index (χ0n) is 7.13. The quantitative estimate of drug-likeness (QED) is 0.740. The van der Waals surface area contributed by atoms with Gasteiger partial charge in [-0.3, -0.25) is 0 Å². The number of hydrogen-bond acceptors (Lipinski definition) is 1. The average molecular weight is 183 g/mol. The van der Waals surface area contributed by atoms with Gasteiger partial charge in [-0.05, 0) is 13.0 Å². The number of halogens is 2. The minimum atomic E-state index is -2.72. The third kappa shape index (κ3) is 1.44. The molecule has 0 aromatic heterocycles. The van der Waals surface area contributed by atoms with E-state index in [-0.39, 0.29) is 5.56 Å². The molecule has 3 heteroatoms. The van der Waals surface area contributed by atoms with E-state index in [1.54, 1.807) is 18.2 Å². The molecule has 1 N–H and O–H groups in total. The summed E-state index contributed by atoms with van der Waals surface area (Å²) in [5.74, 6) is -2.72. The fourth-order valence-electron chi connectivity index (χ4n) is 1.46. The molecule has 1 nitrogen and oxygen atoms in total. The number of nitrogens with one attached hydrogen (secondary N) is 1. The molecule has 0 aliphatic carbocycles. The Bertz CT molecular complexity index is 280. The van der Waals surface area contributed by atoms with Crippen molar-refractivity contribution in [1.29, 1.82) is 0 Å².